The lowest BCUT2D eigenvalue weighted by Crippen LogP contribution is -2.25. The largest absolute Gasteiger partial charge is 0.382 e. The van der Waals surface area contributed by atoms with Crippen molar-refractivity contribution in [2.24, 2.45) is 0 Å². The van der Waals surface area contributed by atoms with Gasteiger partial charge in [-0.15, -0.1) is 0 Å². The average Bonchev–Trinajstić information content (AvgIpc) is 3.09. The normalized spacial score (nSPS) is 14.3. The molecule has 0 amide bonds. The van der Waals surface area contributed by atoms with Crippen LogP contribution in [0.3, 0.4) is 0 Å². The standard InChI is InChI=1S/C23H23N5/c1-2-4-20(5-3-1)27-23-13-19-16-28(11-10-25-22(19)14-26-23)15-17-6-7-21-18(12-17)8-9-24-21/h1-9,12-14,24-25H,10-11,15-16H2,(H,26,27). The van der Waals surface area contributed by atoms with E-state index in [9.17, 15) is 0 Å². The fourth-order valence-electron chi connectivity index (χ4n) is 3.79. The second-order valence-electron chi connectivity index (χ2n) is 7.25. The molecule has 0 fully saturated rings. The van der Waals surface area contributed by atoms with Crippen molar-refractivity contribution in [3.63, 3.8) is 0 Å². The zero-order valence-corrected chi connectivity index (χ0v) is 15.7. The average molecular weight is 369 g/mol. The molecule has 1 aliphatic rings. The van der Waals surface area contributed by atoms with E-state index in [-0.39, 0.29) is 0 Å². The minimum absolute atomic E-state index is 0.877. The summed E-state index contributed by atoms with van der Waals surface area (Å²) < 4.78 is 0. The highest BCUT2D eigenvalue weighted by Gasteiger charge is 2.15. The van der Waals surface area contributed by atoms with Gasteiger partial charge in [-0.25, -0.2) is 4.98 Å². The third-order valence-electron chi connectivity index (χ3n) is 5.20. The van der Waals surface area contributed by atoms with E-state index in [1.165, 1.54) is 22.0 Å². The van der Waals surface area contributed by atoms with Crippen LogP contribution >= 0.6 is 0 Å². The molecule has 0 radical (unpaired) electrons. The molecule has 5 nitrogen and oxygen atoms in total. The topological polar surface area (TPSA) is 56.0 Å². The van der Waals surface area contributed by atoms with Crippen molar-refractivity contribution in [1.82, 2.24) is 14.9 Å². The van der Waals surface area contributed by atoms with Gasteiger partial charge in [0.1, 0.15) is 5.82 Å². The second-order valence-corrected chi connectivity index (χ2v) is 7.25. The van der Waals surface area contributed by atoms with Crippen LogP contribution in [-0.2, 0) is 13.1 Å². The first-order chi connectivity index (χ1) is 13.8. The van der Waals surface area contributed by atoms with Gasteiger partial charge in [0, 0.05) is 43.6 Å². The number of anilines is 3. The van der Waals surface area contributed by atoms with Crippen LogP contribution in [0.2, 0.25) is 0 Å². The molecule has 5 rings (SSSR count). The summed E-state index contributed by atoms with van der Waals surface area (Å²) in [7, 11) is 0. The molecular weight excluding hydrogens is 346 g/mol. The molecule has 3 heterocycles. The highest BCUT2D eigenvalue weighted by molar-refractivity contribution is 5.79. The van der Waals surface area contributed by atoms with Gasteiger partial charge >= 0.3 is 0 Å². The Hall–Kier alpha value is -3.31. The number of hydrogen-bond acceptors (Lipinski definition) is 4. The minimum Gasteiger partial charge on any atom is -0.382 e. The Morgan fingerprint density at radius 1 is 1.04 bits per heavy atom. The van der Waals surface area contributed by atoms with Crippen molar-refractivity contribution in [3.8, 4) is 0 Å². The fourth-order valence-corrected chi connectivity index (χ4v) is 3.79. The number of benzene rings is 2. The van der Waals surface area contributed by atoms with E-state index in [0.29, 0.717) is 0 Å². The summed E-state index contributed by atoms with van der Waals surface area (Å²) >= 11 is 0. The van der Waals surface area contributed by atoms with E-state index in [4.69, 9.17) is 0 Å². The van der Waals surface area contributed by atoms with Crippen molar-refractivity contribution in [3.05, 3.63) is 84.2 Å². The van der Waals surface area contributed by atoms with Crippen molar-refractivity contribution >= 4 is 28.1 Å². The van der Waals surface area contributed by atoms with Crippen LogP contribution < -0.4 is 10.6 Å². The third kappa shape index (κ3) is 3.57. The zero-order valence-electron chi connectivity index (χ0n) is 15.7. The van der Waals surface area contributed by atoms with Gasteiger partial charge in [-0.05, 0) is 52.9 Å². The number of para-hydroxylation sites is 1. The summed E-state index contributed by atoms with van der Waals surface area (Å²) in [6.07, 6.45) is 3.94. The Kier molecular flexibility index (Phi) is 4.43. The number of H-pyrrole nitrogens is 1. The molecule has 3 N–H and O–H groups in total. The summed E-state index contributed by atoms with van der Waals surface area (Å²) in [5.74, 6) is 0.877. The molecule has 0 saturated heterocycles. The predicted molar refractivity (Wildman–Crippen MR) is 115 cm³/mol. The molecule has 4 aromatic rings. The number of aromatic nitrogens is 2. The smallest absolute Gasteiger partial charge is 0.130 e. The molecule has 0 spiro atoms. The number of fused-ring (bicyclic) bond motifs is 2. The van der Waals surface area contributed by atoms with E-state index in [2.05, 4.69) is 68.0 Å². The molecule has 140 valence electrons. The molecule has 0 aliphatic carbocycles. The van der Waals surface area contributed by atoms with Gasteiger partial charge in [0.2, 0.25) is 0 Å². The lowest BCUT2D eigenvalue weighted by molar-refractivity contribution is 0.272. The van der Waals surface area contributed by atoms with Crippen molar-refractivity contribution in [2.45, 2.75) is 13.1 Å². The molecular formula is C23H23N5. The maximum atomic E-state index is 4.57. The van der Waals surface area contributed by atoms with Crippen molar-refractivity contribution in [1.29, 1.82) is 0 Å². The molecule has 1 aliphatic heterocycles. The quantitative estimate of drug-likeness (QED) is 0.487. The summed E-state index contributed by atoms with van der Waals surface area (Å²) in [5, 5.41) is 8.18. The molecule has 0 saturated carbocycles. The Morgan fingerprint density at radius 3 is 2.89 bits per heavy atom. The van der Waals surface area contributed by atoms with Crippen molar-refractivity contribution < 1.29 is 0 Å². The summed E-state index contributed by atoms with van der Waals surface area (Å²) in [6.45, 7) is 3.76. The van der Waals surface area contributed by atoms with Crippen molar-refractivity contribution in [2.75, 3.05) is 23.7 Å². The van der Waals surface area contributed by atoms with Crippen LogP contribution in [0.1, 0.15) is 11.1 Å². The lowest BCUT2D eigenvalue weighted by Gasteiger charge is -2.20. The molecule has 2 aromatic carbocycles. The van der Waals surface area contributed by atoms with E-state index in [1.54, 1.807) is 0 Å². The number of rotatable bonds is 4. The number of pyridine rings is 1. The second kappa shape index (κ2) is 7.37. The van der Waals surface area contributed by atoms with Crippen LogP contribution in [0.5, 0.6) is 0 Å². The first kappa shape index (κ1) is 16.8. The number of hydrogen-bond donors (Lipinski definition) is 3. The van der Waals surface area contributed by atoms with Crippen LogP contribution in [0.15, 0.2) is 73.1 Å². The van der Waals surface area contributed by atoms with Crippen LogP contribution in [0.4, 0.5) is 17.2 Å². The maximum Gasteiger partial charge on any atom is 0.130 e. The predicted octanol–water partition coefficient (Wildman–Crippen LogP) is 4.73. The molecule has 5 heteroatoms. The maximum absolute atomic E-state index is 4.57. The highest BCUT2D eigenvalue weighted by Crippen LogP contribution is 2.25. The van der Waals surface area contributed by atoms with Gasteiger partial charge in [-0.2, -0.15) is 0 Å². The first-order valence-electron chi connectivity index (χ1n) is 9.67. The highest BCUT2D eigenvalue weighted by atomic mass is 15.2. The van der Waals surface area contributed by atoms with Crippen LogP contribution in [-0.4, -0.2) is 28.0 Å². The lowest BCUT2D eigenvalue weighted by atomic mass is 10.1. The molecule has 0 unspecified atom stereocenters. The number of nitrogens with zero attached hydrogens (tertiary/aromatic N) is 2. The van der Waals surface area contributed by atoms with Gasteiger partial charge in [0.05, 0.1) is 11.9 Å². The molecule has 0 atom stereocenters. The van der Waals surface area contributed by atoms with Gasteiger partial charge in [-0.3, -0.25) is 4.90 Å². The summed E-state index contributed by atoms with van der Waals surface area (Å²) in [4.78, 5) is 10.3. The zero-order chi connectivity index (χ0) is 18.8. The first-order valence-corrected chi connectivity index (χ1v) is 9.67. The SMILES string of the molecule is c1ccc(Nc2cc3c(cn2)NCCN(Cc2ccc4[nH]ccc4c2)C3)cc1. The van der Waals surface area contributed by atoms with Crippen LogP contribution in [0.25, 0.3) is 10.9 Å². The van der Waals surface area contributed by atoms with E-state index in [1.807, 2.05) is 30.6 Å². The monoisotopic (exact) mass is 369 g/mol. The van der Waals surface area contributed by atoms with Gasteiger partial charge in [-0.1, -0.05) is 24.3 Å². The summed E-state index contributed by atoms with van der Waals surface area (Å²) in [6, 6.07) is 21.1. The van der Waals surface area contributed by atoms with E-state index in [0.717, 1.165) is 43.4 Å². The third-order valence-corrected chi connectivity index (χ3v) is 5.20. The number of aromatic amines is 1. The Labute approximate surface area is 164 Å². The summed E-state index contributed by atoms with van der Waals surface area (Å²) in [5.41, 5.74) is 5.98. The van der Waals surface area contributed by atoms with Gasteiger partial charge in [0.25, 0.3) is 0 Å². The fraction of sp³-hybridized carbons (Fsp3) is 0.174. The minimum atomic E-state index is 0.877. The Morgan fingerprint density at radius 2 is 1.96 bits per heavy atom. The Bertz CT molecular complexity index is 1090. The molecule has 0 bridgehead atoms. The van der Waals surface area contributed by atoms with E-state index >= 15 is 0 Å². The van der Waals surface area contributed by atoms with E-state index < -0.39 is 0 Å². The number of nitrogens with one attached hydrogen (secondary N) is 3. The van der Waals surface area contributed by atoms with Gasteiger partial charge in [0.15, 0.2) is 0 Å². The molecule has 28 heavy (non-hydrogen) atoms. The Balaban J connectivity index is 1.35. The molecule has 2 aromatic heterocycles. The van der Waals surface area contributed by atoms with Crippen LogP contribution in [0, 0.1) is 0 Å². The van der Waals surface area contributed by atoms with Gasteiger partial charge < -0.3 is 15.6 Å².